The summed E-state index contributed by atoms with van der Waals surface area (Å²) in [5.74, 6) is 2.33. The average molecular weight is 330 g/mol. The van der Waals surface area contributed by atoms with Gasteiger partial charge in [-0.15, -0.1) is 0 Å². The fraction of sp³-hybridized carbons (Fsp3) is 0.556. The molecule has 24 heavy (non-hydrogen) atoms. The first kappa shape index (κ1) is 16.9. The second kappa shape index (κ2) is 7.32. The van der Waals surface area contributed by atoms with Crippen LogP contribution in [0.3, 0.4) is 0 Å². The Hall–Kier alpha value is -1.92. The van der Waals surface area contributed by atoms with Crippen molar-refractivity contribution in [2.45, 2.75) is 32.9 Å². The zero-order chi connectivity index (χ0) is 17.1. The lowest BCUT2D eigenvalue weighted by Crippen LogP contribution is -2.46. The molecule has 2 heterocycles. The van der Waals surface area contributed by atoms with E-state index < -0.39 is 0 Å². The molecule has 0 saturated carbocycles. The molecule has 1 aliphatic rings. The van der Waals surface area contributed by atoms with E-state index in [2.05, 4.69) is 46.0 Å². The minimum absolute atomic E-state index is 0.156. The maximum absolute atomic E-state index is 5.40. The molecule has 0 radical (unpaired) electrons. The second-order valence-corrected chi connectivity index (χ2v) is 6.40. The van der Waals surface area contributed by atoms with Crippen molar-refractivity contribution in [2.75, 3.05) is 33.8 Å². The molecule has 0 aliphatic carbocycles. The summed E-state index contributed by atoms with van der Waals surface area (Å²) in [4.78, 5) is 9.17. The van der Waals surface area contributed by atoms with Gasteiger partial charge < -0.3 is 9.26 Å². The molecule has 3 rings (SSSR count). The number of aromatic nitrogens is 2. The molecular weight excluding hydrogens is 304 g/mol. The quantitative estimate of drug-likeness (QED) is 0.839. The minimum Gasteiger partial charge on any atom is -0.497 e. The standard InChI is InChI=1S/C18H26N4O2/c1-5-14-10-16(23-4)7-6-15(14)11-22-9-8-21(3)17(12-22)18-19-13(2)20-24-18/h6-7,10,17H,5,8-9,11-12H2,1-4H3/t17-/m0/s1. The smallest absolute Gasteiger partial charge is 0.245 e. The topological polar surface area (TPSA) is 54.6 Å². The molecule has 0 spiro atoms. The summed E-state index contributed by atoms with van der Waals surface area (Å²) in [6.45, 7) is 7.90. The van der Waals surface area contributed by atoms with Crippen LogP contribution in [0.15, 0.2) is 22.7 Å². The van der Waals surface area contributed by atoms with Gasteiger partial charge in [0.2, 0.25) is 5.89 Å². The number of nitrogens with zero attached hydrogens (tertiary/aromatic N) is 4. The van der Waals surface area contributed by atoms with E-state index in [-0.39, 0.29) is 6.04 Å². The first-order valence-electron chi connectivity index (χ1n) is 8.49. The number of hydrogen-bond donors (Lipinski definition) is 0. The van der Waals surface area contributed by atoms with Gasteiger partial charge in [-0.25, -0.2) is 0 Å². The highest BCUT2D eigenvalue weighted by molar-refractivity contribution is 5.35. The summed E-state index contributed by atoms with van der Waals surface area (Å²) in [7, 11) is 3.83. The van der Waals surface area contributed by atoms with Crippen molar-refractivity contribution in [1.82, 2.24) is 19.9 Å². The Bertz CT molecular complexity index is 685. The number of piperazine rings is 1. The van der Waals surface area contributed by atoms with Crippen molar-refractivity contribution in [1.29, 1.82) is 0 Å². The van der Waals surface area contributed by atoms with E-state index in [9.17, 15) is 0 Å². The van der Waals surface area contributed by atoms with Gasteiger partial charge in [0.1, 0.15) is 11.8 Å². The first-order chi connectivity index (χ1) is 11.6. The Morgan fingerprint density at radius 3 is 2.79 bits per heavy atom. The SMILES string of the molecule is CCc1cc(OC)ccc1CN1CCN(C)[C@H](c2nc(C)no2)C1. The molecule has 130 valence electrons. The maximum Gasteiger partial charge on any atom is 0.245 e. The van der Waals surface area contributed by atoms with E-state index in [0.29, 0.717) is 11.7 Å². The first-order valence-corrected chi connectivity index (χ1v) is 8.49. The van der Waals surface area contributed by atoms with Gasteiger partial charge in [-0.2, -0.15) is 4.98 Å². The van der Waals surface area contributed by atoms with Crippen molar-refractivity contribution in [3.63, 3.8) is 0 Å². The predicted molar refractivity (Wildman–Crippen MR) is 92.1 cm³/mol. The highest BCUT2D eigenvalue weighted by Gasteiger charge is 2.30. The van der Waals surface area contributed by atoms with Crippen molar-refractivity contribution < 1.29 is 9.26 Å². The molecule has 1 aromatic heterocycles. The van der Waals surface area contributed by atoms with Crippen LogP contribution in [0.4, 0.5) is 0 Å². The van der Waals surface area contributed by atoms with Gasteiger partial charge in [0.15, 0.2) is 5.82 Å². The van der Waals surface area contributed by atoms with Gasteiger partial charge in [-0.1, -0.05) is 18.1 Å². The van der Waals surface area contributed by atoms with Gasteiger partial charge in [0, 0.05) is 26.2 Å². The summed E-state index contributed by atoms with van der Waals surface area (Å²) in [5.41, 5.74) is 2.71. The third-order valence-corrected chi connectivity index (χ3v) is 4.75. The highest BCUT2D eigenvalue weighted by Crippen LogP contribution is 2.25. The molecule has 0 unspecified atom stereocenters. The van der Waals surface area contributed by atoms with Crippen LogP contribution in [-0.2, 0) is 13.0 Å². The van der Waals surface area contributed by atoms with Crippen LogP contribution in [0.2, 0.25) is 0 Å². The molecule has 2 aromatic rings. The van der Waals surface area contributed by atoms with Crippen LogP contribution in [0.25, 0.3) is 0 Å². The molecule has 1 fully saturated rings. The van der Waals surface area contributed by atoms with E-state index >= 15 is 0 Å². The summed E-state index contributed by atoms with van der Waals surface area (Å²) in [5, 5.41) is 3.94. The molecule has 1 aliphatic heterocycles. The number of rotatable bonds is 5. The van der Waals surface area contributed by atoms with Crippen molar-refractivity contribution in [3.8, 4) is 5.75 Å². The molecule has 6 nitrogen and oxygen atoms in total. The molecule has 0 amide bonds. The fourth-order valence-corrected chi connectivity index (χ4v) is 3.24. The lowest BCUT2D eigenvalue weighted by atomic mass is 10.0. The largest absolute Gasteiger partial charge is 0.497 e. The summed E-state index contributed by atoms with van der Waals surface area (Å²) in [6, 6.07) is 6.53. The van der Waals surface area contributed by atoms with Gasteiger partial charge in [-0.05, 0) is 43.7 Å². The van der Waals surface area contributed by atoms with Gasteiger partial charge in [0.25, 0.3) is 0 Å². The number of likely N-dealkylation sites (N-methyl/N-ethyl adjacent to an activating group) is 1. The lowest BCUT2D eigenvalue weighted by Gasteiger charge is -2.37. The van der Waals surface area contributed by atoms with Crippen molar-refractivity contribution >= 4 is 0 Å². The van der Waals surface area contributed by atoms with Crippen LogP contribution in [-0.4, -0.2) is 53.7 Å². The van der Waals surface area contributed by atoms with Crippen LogP contribution in [0, 0.1) is 6.92 Å². The average Bonchev–Trinajstić information content (AvgIpc) is 3.03. The summed E-state index contributed by atoms with van der Waals surface area (Å²) in [6.07, 6.45) is 1.01. The number of benzene rings is 1. The summed E-state index contributed by atoms with van der Waals surface area (Å²) < 4.78 is 10.7. The Morgan fingerprint density at radius 1 is 1.29 bits per heavy atom. The summed E-state index contributed by atoms with van der Waals surface area (Å²) >= 11 is 0. The number of ether oxygens (including phenoxy) is 1. The lowest BCUT2D eigenvalue weighted by molar-refractivity contribution is 0.0713. The Kier molecular flexibility index (Phi) is 5.16. The van der Waals surface area contributed by atoms with E-state index in [4.69, 9.17) is 9.26 Å². The van der Waals surface area contributed by atoms with Crippen LogP contribution < -0.4 is 4.74 Å². The number of aryl methyl sites for hydroxylation is 2. The number of methoxy groups -OCH3 is 1. The zero-order valence-corrected chi connectivity index (χ0v) is 15.0. The van der Waals surface area contributed by atoms with Gasteiger partial charge in [0.05, 0.1) is 7.11 Å². The maximum atomic E-state index is 5.40. The molecule has 1 atom stereocenters. The minimum atomic E-state index is 0.156. The predicted octanol–water partition coefficient (Wildman–Crippen LogP) is 2.44. The molecule has 0 bridgehead atoms. The van der Waals surface area contributed by atoms with Crippen LogP contribution in [0.5, 0.6) is 5.75 Å². The van der Waals surface area contributed by atoms with Crippen LogP contribution in [0.1, 0.15) is 35.8 Å². The molecular formula is C18H26N4O2. The van der Waals surface area contributed by atoms with Gasteiger partial charge in [-0.3, -0.25) is 9.80 Å². The number of hydrogen-bond acceptors (Lipinski definition) is 6. The Labute approximate surface area is 143 Å². The third kappa shape index (κ3) is 3.60. The van der Waals surface area contributed by atoms with E-state index in [0.717, 1.165) is 38.3 Å². The molecule has 0 N–H and O–H groups in total. The van der Waals surface area contributed by atoms with Crippen molar-refractivity contribution in [2.24, 2.45) is 0 Å². The van der Waals surface area contributed by atoms with E-state index in [1.165, 1.54) is 11.1 Å². The zero-order valence-electron chi connectivity index (χ0n) is 15.0. The monoisotopic (exact) mass is 330 g/mol. The molecule has 1 aromatic carbocycles. The highest BCUT2D eigenvalue weighted by atomic mass is 16.5. The second-order valence-electron chi connectivity index (χ2n) is 6.40. The molecule has 6 heteroatoms. The third-order valence-electron chi connectivity index (χ3n) is 4.75. The van der Waals surface area contributed by atoms with Gasteiger partial charge >= 0.3 is 0 Å². The Balaban J connectivity index is 1.74. The normalized spacial score (nSPS) is 19.6. The molecule has 1 saturated heterocycles. The van der Waals surface area contributed by atoms with Crippen molar-refractivity contribution in [3.05, 3.63) is 41.0 Å². The fourth-order valence-electron chi connectivity index (χ4n) is 3.24. The van der Waals surface area contributed by atoms with E-state index in [1.54, 1.807) is 7.11 Å². The van der Waals surface area contributed by atoms with E-state index in [1.807, 2.05) is 13.0 Å². The Morgan fingerprint density at radius 2 is 2.12 bits per heavy atom. The van der Waals surface area contributed by atoms with Crippen LogP contribution >= 0.6 is 0 Å².